The number of benzene rings is 2. The van der Waals surface area contributed by atoms with Gasteiger partial charge in [0.2, 0.25) is 6.79 Å². The number of amides is 1. The Kier molecular flexibility index (Phi) is 5.28. The van der Waals surface area contributed by atoms with Crippen molar-refractivity contribution in [1.29, 1.82) is 0 Å². The van der Waals surface area contributed by atoms with Gasteiger partial charge in [0.15, 0.2) is 16.6 Å². The minimum absolute atomic E-state index is 0.206. The minimum atomic E-state index is -0.206. The number of aromatic nitrogens is 2. The molecule has 1 aliphatic heterocycles. The van der Waals surface area contributed by atoms with E-state index in [1.54, 1.807) is 29.4 Å². The van der Waals surface area contributed by atoms with Crippen LogP contribution in [0.5, 0.6) is 11.5 Å². The summed E-state index contributed by atoms with van der Waals surface area (Å²) in [6, 6.07) is 14.9. The van der Waals surface area contributed by atoms with Gasteiger partial charge in [-0.05, 0) is 29.3 Å². The average Bonchev–Trinajstić information content (AvgIpc) is 3.41. The molecular weight excluding hydrogens is 434 g/mol. The van der Waals surface area contributed by atoms with Crippen molar-refractivity contribution in [3.05, 3.63) is 83.2 Å². The van der Waals surface area contributed by atoms with Crippen LogP contribution >= 0.6 is 22.9 Å². The van der Waals surface area contributed by atoms with Crippen LogP contribution in [0.4, 0.5) is 5.13 Å². The molecule has 0 saturated carbocycles. The van der Waals surface area contributed by atoms with E-state index in [2.05, 4.69) is 9.97 Å². The standard InChI is InChI=1S/C23H16ClN3O3S/c24-17-6-2-1-5-16(17)7-8-22(28)27(13-15-4-3-9-25-12-15)23-26-18-10-19-20(30-14-29-19)11-21(18)31-23/h1-12H,13-14H2/b8-7+. The number of halogens is 1. The monoisotopic (exact) mass is 449 g/mol. The van der Waals surface area contributed by atoms with E-state index in [-0.39, 0.29) is 12.7 Å². The number of ether oxygens (including phenoxy) is 2. The maximum Gasteiger partial charge on any atom is 0.253 e. The van der Waals surface area contributed by atoms with Crippen LogP contribution in [0.1, 0.15) is 11.1 Å². The van der Waals surface area contributed by atoms with Crippen LogP contribution in [0.15, 0.2) is 67.0 Å². The Morgan fingerprint density at radius 2 is 2.00 bits per heavy atom. The zero-order valence-corrected chi connectivity index (χ0v) is 17.8. The molecule has 1 aliphatic rings. The maximum atomic E-state index is 13.2. The first-order valence-electron chi connectivity index (χ1n) is 9.50. The van der Waals surface area contributed by atoms with Gasteiger partial charge in [-0.2, -0.15) is 0 Å². The lowest BCUT2D eigenvalue weighted by atomic mass is 10.2. The number of fused-ring (bicyclic) bond motifs is 2. The third-order valence-electron chi connectivity index (χ3n) is 4.74. The Morgan fingerprint density at radius 3 is 2.81 bits per heavy atom. The maximum absolute atomic E-state index is 13.2. The van der Waals surface area contributed by atoms with Crippen LogP contribution in [-0.2, 0) is 11.3 Å². The number of hydrogen-bond donors (Lipinski definition) is 0. The number of carbonyl (C=O) groups excluding carboxylic acids is 1. The predicted octanol–water partition coefficient (Wildman–Crippen LogP) is 5.32. The average molecular weight is 450 g/mol. The summed E-state index contributed by atoms with van der Waals surface area (Å²) in [5.41, 5.74) is 2.42. The third kappa shape index (κ3) is 4.10. The second-order valence-electron chi connectivity index (χ2n) is 6.81. The van der Waals surface area contributed by atoms with Gasteiger partial charge in [0, 0.05) is 35.6 Å². The number of carbonyl (C=O) groups is 1. The summed E-state index contributed by atoms with van der Waals surface area (Å²) >= 11 is 7.64. The number of hydrogen-bond acceptors (Lipinski definition) is 6. The molecule has 0 fully saturated rings. The second kappa shape index (κ2) is 8.37. The van der Waals surface area contributed by atoms with E-state index in [9.17, 15) is 4.79 Å². The Hall–Kier alpha value is -3.42. The zero-order chi connectivity index (χ0) is 21.2. The summed E-state index contributed by atoms with van der Waals surface area (Å²) in [5.74, 6) is 1.14. The first-order chi connectivity index (χ1) is 15.2. The van der Waals surface area contributed by atoms with Crippen LogP contribution in [0.3, 0.4) is 0 Å². The lowest BCUT2D eigenvalue weighted by molar-refractivity contribution is -0.114. The molecule has 5 rings (SSSR count). The number of anilines is 1. The van der Waals surface area contributed by atoms with Crippen molar-refractivity contribution < 1.29 is 14.3 Å². The molecule has 0 spiro atoms. The number of rotatable bonds is 5. The lowest BCUT2D eigenvalue weighted by Gasteiger charge is -2.18. The van der Waals surface area contributed by atoms with Crippen LogP contribution in [-0.4, -0.2) is 22.7 Å². The van der Waals surface area contributed by atoms with E-state index in [4.69, 9.17) is 21.1 Å². The third-order valence-corrected chi connectivity index (χ3v) is 6.13. The van der Waals surface area contributed by atoms with Gasteiger partial charge in [-0.1, -0.05) is 47.2 Å². The molecule has 0 unspecified atom stereocenters. The highest BCUT2D eigenvalue weighted by Crippen LogP contribution is 2.40. The normalized spacial score (nSPS) is 12.5. The molecular formula is C23H16ClN3O3S. The van der Waals surface area contributed by atoms with Gasteiger partial charge in [-0.25, -0.2) is 4.98 Å². The van der Waals surface area contributed by atoms with Crippen LogP contribution in [0.2, 0.25) is 5.02 Å². The Bertz CT molecular complexity index is 1250. The molecule has 31 heavy (non-hydrogen) atoms. The minimum Gasteiger partial charge on any atom is -0.454 e. The summed E-state index contributed by atoms with van der Waals surface area (Å²) in [5, 5.41) is 1.16. The van der Waals surface area contributed by atoms with Crippen molar-refractivity contribution in [2.45, 2.75) is 6.54 Å². The predicted molar refractivity (Wildman–Crippen MR) is 122 cm³/mol. The van der Waals surface area contributed by atoms with E-state index in [0.717, 1.165) is 21.3 Å². The van der Waals surface area contributed by atoms with Crippen molar-refractivity contribution in [2.75, 3.05) is 11.7 Å². The second-order valence-corrected chi connectivity index (χ2v) is 8.23. The van der Waals surface area contributed by atoms with Gasteiger partial charge in [0.1, 0.15) is 0 Å². The topological polar surface area (TPSA) is 64.6 Å². The van der Waals surface area contributed by atoms with Crippen molar-refractivity contribution in [2.24, 2.45) is 0 Å². The molecule has 154 valence electrons. The molecule has 3 heterocycles. The quantitative estimate of drug-likeness (QED) is 0.386. The molecule has 2 aromatic carbocycles. The summed E-state index contributed by atoms with van der Waals surface area (Å²) in [6.07, 6.45) is 6.66. The molecule has 0 radical (unpaired) electrons. The van der Waals surface area contributed by atoms with Crippen molar-refractivity contribution >= 4 is 50.3 Å². The van der Waals surface area contributed by atoms with Crippen molar-refractivity contribution in [3.8, 4) is 11.5 Å². The summed E-state index contributed by atoms with van der Waals surface area (Å²) in [6.45, 7) is 0.546. The van der Waals surface area contributed by atoms with Crippen LogP contribution in [0.25, 0.3) is 16.3 Å². The van der Waals surface area contributed by atoms with Crippen LogP contribution < -0.4 is 14.4 Å². The highest BCUT2D eigenvalue weighted by Gasteiger charge is 2.21. The van der Waals surface area contributed by atoms with E-state index < -0.39 is 0 Å². The molecule has 2 aromatic heterocycles. The molecule has 1 amide bonds. The van der Waals surface area contributed by atoms with Gasteiger partial charge in [0.05, 0.1) is 16.8 Å². The highest BCUT2D eigenvalue weighted by molar-refractivity contribution is 7.22. The zero-order valence-electron chi connectivity index (χ0n) is 16.2. The van der Waals surface area contributed by atoms with Crippen LogP contribution in [0, 0.1) is 0 Å². The molecule has 0 atom stereocenters. The fourth-order valence-electron chi connectivity index (χ4n) is 3.20. The van der Waals surface area contributed by atoms with Crippen molar-refractivity contribution in [3.63, 3.8) is 0 Å². The van der Waals surface area contributed by atoms with Gasteiger partial charge in [-0.15, -0.1) is 0 Å². The molecule has 0 N–H and O–H groups in total. The first-order valence-corrected chi connectivity index (χ1v) is 10.7. The molecule has 4 aromatic rings. The summed E-state index contributed by atoms with van der Waals surface area (Å²) in [7, 11) is 0. The van der Waals surface area contributed by atoms with Gasteiger partial charge >= 0.3 is 0 Å². The van der Waals surface area contributed by atoms with Gasteiger partial charge < -0.3 is 9.47 Å². The largest absolute Gasteiger partial charge is 0.454 e. The molecule has 8 heteroatoms. The van der Waals surface area contributed by atoms with Crippen molar-refractivity contribution in [1.82, 2.24) is 9.97 Å². The lowest BCUT2D eigenvalue weighted by Crippen LogP contribution is -2.28. The Labute approximate surface area is 187 Å². The Balaban J connectivity index is 1.50. The number of thiazole rings is 1. The Morgan fingerprint density at radius 1 is 1.16 bits per heavy atom. The fraction of sp³-hybridized carbons (Fsp3) is 0.0870. The molecule has 0 aliphatic carbocycles. The highest BCUT2D eigenvalue weighted by atomic mass is 35.5. The fourth-order valence-corrected chi connectivity index (χ4v) is 4.38. The molecule has 6 nitrogen and oxygen atoms in total. The van der Waals surface area contributed by atoms with E-state index >= 15 is 0 Å². The first kappa shape index (κ1) is 19.5. The number of nitrogens with zero attached hydrogens (tertiary/aromatic N) is 3. The van der Waals surface area contributed by atoms with E-state index in [0.29, 0.717) is 28.2 Å². The smallest absolute Gasteiger partial charge is 0.253 e. The SMILES string of the molecule is O=C(/C=C/c1ccccc1Cl)N(Cc1cccnc1)c1nc2cc3c(cc2s1)OCO3. The molecule has 0 saturated heterocycles. The van der Waals surface area contributed by atoms with E-state index in [1.807, 2.05) is 42.5 Å². The molecule has 0 bridgehead atoms. The van der Waals surface area contributed by atoms with Gasteiger partial charge in [0.25, 0.3) is 5.91 Å². The van der Waals surface area contributed by atoms with Gasteiger partial charge in [-0.3, -0.25) is 14.7 Å². The summed E-state index contributed by atoms with van der Waals surface area (Å²) in [4.78, 5) is 23.7. The summed E-state index contributed by atoms with van der Waals surface area (Å²) < 4.78 is 11.8. The number of pyridine rings is 1. The van der Waals surface area contributed by atoms with E-state index in [1.165, 1.54) is 17.4 Å².